The summed E-state index contributed by atoms with van der Waals surface area (Å²) in [6.45, 7) is 1.70. The number of amides is 1. The van der Waals surface area contributed by atoms with Gasteiger partial charge in [0, 0.05) is 29.1 Å². The maximum Gasteiger partial charge on any atom is 0.416 e. The van der Waals surface area contributed by atoms with Crippen LogP contribution < -0.4 is 5.32 Å². The summed E-state index contributed by atoms with van der Waals surface area (Å²) in [4.78, 5) is 21.1. The molecule has 1 amide bonds. The molecule has 0 spiro atoms. The molecule has 3 heterocycles. The van der Waals surface area contributed by atoms with Crippen LogP contribution in [-0.4, -0.2) is 29.4 Å². The zero-order chi connectivity index (χ0) is 22.5. The first-order valence-electron chi connectivity index (χ1n) is 9.97. The number of likely N-dealkylation sites (N-methyl/N-ethyl adjacent to an activating group) is 1. The molecule has 32 heavy (non-hydrogen) atoms. The van der Waals surface area contributed by atoms with Gasteiger partial charge in [-0.1, -0.05) is 12.1 Å². The molecule has 0 atom stereocenters. The highest BCUT2D eigenvalue weighted by Gasteiger charge is 2.31. The van der Waals surface area contributed by atoms with Crippen molar-refractivity contribution in [2.75, 3.05) is 18.9 Å². The number of nitrogens with zero attached hydrogens (tertiary/aromatic N) is 2. The lowest BCUT2D eigenvalue weighted by Gasteiger charge is -2.22. The van der Waals surface area contributed by atoms with Gasteiger partial charge >= 0.3 is 6.18 Å². The Bertz CT molecular complexity index is 1280. The minimum absolute atomic E-state index is 0.178. The van der Waals surface area contributed by atoms with E-state index in [1.165, 1.54) is 33.9 Å². The Kier molecular flexibility index (Phi) is 5.27. The molecule has 5 rings (SSSR count). The molecular weight excluding hydrogens is 455 g/mol. The quantitative estimate of drug-likeness (QED) is 0.381. The van der Waals surface area contributed by atoms with Gasteiger partial charge in [0.05, 0.1) is 15.8 Å². The number of fused-ring (bicyclic) bond motifs is 2. The van der Waals surface area contributed by atoms with E-state index in [2.05, 4.69) is 17.3 Å². The van der Waals surface area contributed by atoms with Crippen LogP contribution in [0.15, 0.2) is 48.5 Å². The van der Waals surface area contributed by atoms with E-state index in [0.717, 1.165) is 52.4 Å². The molecule has 1 N–H and O–H groups in total. The Balaban J connectivity index is 1.53. The van der Waals surface area contributed by atoms with Crippen molar-refractivity contribution in [2.24, 2.45) is 0 Å². The van der Waals surface area contributed by atoms with Crippen molar-refractivity contribution in [2.45, 2.75) is 19.1 Å². The molecule has 164 valence electrons. The number of thiazole rings is 1. The molecular formula is C23H18F3N3OS2. The number of carbonyl (C=O) groups is 1. The van der Waals surface area contributed by atoms with Gasteiger partial charge in [0.15, 0.2) is 0 Å². The van der Waals surface area contributed by atoms with E-state index in [1.54, 1.807) is 11.3 Å². The van der Waals surface area contributed by atoms with Crippen LogP contribution in [0, 0.1) is 0 Å². The highest BCUT2D eigenvalue weighted by Crippen LogP contribution is 2.45. The van der Waals surface area contributed by atoms with E-state index < -0.39 is 17.6 Å². The summed E-state index contributed by atoms with van der Waals surface area (Å²) >= 11 is 3.09. The summed E-state index contributed by atoms with van der Waals surface area (Å²) in [6, 6.07) is 12.2. The number of anilines is 1. The van der Waals surface area contributed by atoms with Crippen LogP contribution in [0.25, 0.3) is 20.8 Å². The van der Waals surface area contributed by atoms with Gasteiger partial charge in [0.2, 0.25) is 0 Å². The van der Waals surface area contributed by atoms with Crippen molar-refractivity contribution in [3.8, 4) is 10.6 Å². The Morgan fingerprint density at radius 3 is 2.56 bits per heavy atom. The van der Waals surface area contributed by atoms with Crippen LogP contribution in [-0.2, 0) is 19.1 Å². The van der Waals surface area contributed by atoms with Crippen LogP contribution in [0.3, 0.4) is 0 Å². The average Bonchev–Trinajstić information content (AvgIpc) is 3.33. The number of halogens is 3. The molecule has 1 aliphatic heterocycles. The first-order valence-corrected chi connectivity index (χ1v) is 11.6. The summed E-state index contributed by atoms with van der Waals surface area (Å²) in [5, 5.41) is 4.48. The number of para-hydroxylation sites is 1. The number of benzene rings is 2. The lowest BCUT2D eigenvalue weighted by atomic mass is 10.0. The number of aromatic nitrogens is 1. The second-order valence-corrected chi connectivity index (χ2v) is 9.85. The van der Waals surface area contributed by atoms with E-state index in [-0.39, 0.29) is 5.56 Å². The van der Waals surface area contributed by atoms with Gasteiger partial charge in [0.25, 0.3) is 5.91 Å². The maximum atomic E-state index is 12.9. The average molecular weight is 474 g/mol. The van der Waals surface area contributed by atoms with E-state index in [0.29, 0.717) is 5.00 Å². The summed E-state index contributed by atoms with van der Waals surface area (Å²) in [5.41, 5.74) is 2.42. The Morgan fingerprint density at radius 1 is 1.09 bits per heavy atom. The Labute approximate surface area is 190 Å². The number of nitrogens with one attached hydrogen (secondary N) is 1. The number of rotatable bonds is 3. The molecule has 2 aromatic heterocycles. The minimum atomic E-state index is -4.44. The highest BCUT2D eigenvalue weighted by atomic mass is 32.1. The van der Waals surface area contributed by atoms with Crippen molar-refractivity contribution in [1.29, 1.82) is 0 Å². The van der Waals surface area contributed by atoms with Gasteiger partial charge in [-0.25, -0.2) is 4.98 Å². The predicted octanol–water partition coefficient (Wildman–Crippen LogP) is 6.28. The molecule has 0 radical (unpaired) electrons. The van der Waals surface area contributed by atoms with E-state index in [9.17, 15) is 18.0 Å². The third-order valence-corrected chi connectivity index (χ3v) is 7.64. The van der Waals surface area contributed by atoms with Gasteiger partial charge in [-0.2, -0.15) is 13.2 Å². The first kappa shape index (κ1) is 21.1. The number of hydrogen-bond donors (Lipinski definition) is 1. The van der Waals surface area contributed by atoms with Crippen molar-refractivity contribution in [3.05, 3.63) is 70.1 Å². The fraction of sp³-hybridized carbons (Fsp3) is 0.217. The number of carbonyl (C=O) groups excluding carboxylic acids is 1. The lowest BCUT2D eigenvalue weighted by molar-refractivity contribution is -0.137. The van der Waals surface area contributed by atoms with Crippen molar-refractivity contribution in [1.82, 2.24) is 9.88 Å². The molecule has 1 aliphatic rings. The molecule has 9 heteroatoms. The van der Waals surface area contributed by atoms with Gasteiger partial charge < -0.3 is 10.2 Å². The largest absolute Gasteiger partial charge is 0.416 e. The summed E-state index contributed by atoms with van der Waals surface area (Å²) in [6.07, 6.45) is -3.59. The van der Waals surface area contributed by atoms with Gasteiger partial charge in [-0.3, -0.25) is 4.79 Å². The van der Waals surface area contributed by atoms with Crippen molar-refractivity contribution < 1.29 is 18.0 Å². The predicted molar refractivity (Wildman–Crippen MR) is 122 cm³/mol. The fourth-order valence-corrected chi connectivity index (χ4v) is 6.24. The van der Waals surface area contributed by atoms with Gasteiger partial charge in [-0.05, 0) is 55.4 Å². The van der Waals surface area contributed by atoms with Crippen LogP contribution in [0.1, 0.15) is 26.4 Å². The second-order valence-electron chi connectivity index (χ2n) is 7.71. The van der Waals surface area contributed by atoms with Crippen LogP contribution in [0.5, 0.6) is 0 Å². The minimum Gasteiger partial charge on any atom is -0.313 e. The topological polar surface area (TPSA) is 45.2 Å². The first-order chi connectivity index (χ1) is 15.3. The Hall–Kier alpha value is -2.75. The zero-order valence-electron chi connectivity index (χ0n) is 17.0. The Morgan fingerprint density at radius 2 is 1.84 bits per heavy atom. The van der Waals surface area contributed by atoms with Crippen molar-refractivity contribution >= 4 is 43.8 Å². The van der Waals surface area contributed by atoms with E-state index in [4.69, 9.17) is 4.98 Å². The fourth-order valence-electron chi connectivity index (χ4n) is 3.81. The number of alkyl halides is 3. The molecule has 2 aromatic carbocycles. The third kappa shape index (κ3) is 3.92. The summed E-state index contributed by atoms with van der Waals surface area (Å²) in [5.74, 6) is -0.437. The third-order valence-electron chi connectivity index (χ3n) is 5.46. The van der Waals surface area contributed by atoms with Crippen LogP contribution >= 0.6 is 22.7 Å². The molecule has 0 saturated heterocycles. The SMILES string of the molecule is CN1CCc2c(sc(NC(=O)c3ccc(C(F)(F)F)cc3)c2-c2nc3ccccc3s2)C1. The standard InChI is InChI=1S/C23H18F3N3OS2/c1-29-11-10-15-18(12-29)32-22(19(15)21-27-16-4-2-3-5-17(16)31-21)28-20(30)13-6-8-14(9-7-13)23(24,25)26/h2-9H,10-12H2,1H3,(H,28,30). The summed E-state index contributed by atoms with van der Waals surface area (Å²) < 4.78 is 39.6. The van der Waals surface area contributed by atoms with Gasteiger partial charge in [0.1, 0.15) is 10.0 Å². The molecule has 0 saturated carbocycles. The molecule has 0 unspecified atom stereocenters. The molecule has 0 fully saturated rings. The lowest BCUT2D eigenvalue weighted by Crippen LogP contribution is -2.25. The van der Waals surface area contributed by atoms with E-state index >= 15 is 0 Å². The molecule has 0 bridgehead atoms. The molecule has 4 aromatic rings. The van der Waals surface area contributed by atoms with Gasteiger partial charge in [-0.15, -0.1) is 22.7 Å². The normalized spacial score (nSPS) is 14.5. The number of hydrogen-bond acceptors (Lipinski definition) is 5. The van der Waals surface area contributed by atoms with Crippen LogP contribution in [0.2, 0.25) is 0 Å². The summed E-state index contributed by atoms with van der Waals surface area (Å²) in [7, 11) is 2.06. The van der Waals surface area contributed by atoms with Crippen molar-refractivity contribution in [3.63, 3.8) is 0 Å². The molecule has 0 aliphatic carbocycles. The monoisotopic (exact) mass is 473 g/mol. The molecule has 4 nitrogen and oxygen atoms in total. The van der Waals surface area contributed by atoms with E-state index in [1.807, 2.05) is 24.3 Å². The number of thiophene rings is 1. The smallest absolute Gasteiger partial charge is 0.313 e. The maximum absolute atomic E-state index is 12.9. The zero-order valence-corrected chi connectivity index (χ0v) is 18.6. The highest BCUT2D eigenvalue weighted by molar-refractivity contribution is 7.23. The second kappa shape index (κ2) is 7.99. The van der Waals surface area contributed by atoms with Crippen LogP contribution in [0.4, 0.5) is 18.2 Å².